The average Bonchev–Trinajstić information content (AvgIpc) is 2.75. The highest BCUT2D eigenvalue weighted by atomic mass is 32.2. The van der Waals surface area contributed by atoms with Crippen molar-refractivity contribution >= 4 is 32.5 Å². The summed E-state index contributed by atoms with van der Waals surface area (Å²) in [5, 5.41) is 10.1. The zero-order chi connectivity index (χ0) is 14.8. The van der Waals surface area contributed by atoms with E-state index in [1.807, 2.05) is 0 Å². The van der Waals surface area contributed by atoms with E-state index < -0.39 is 21.8 Å². The molecule has 6 nitrogen and oxygen atoms in total. The third kappa shape index (κ3) is 3.52. The molecule has 2 N–H and O–H groups in total. The van der Waals surface area contributed by atoms with Gasteiger partial charge in [-0.25, -0.2) is 17.8 Å². The summed E-state index contributed by atoms with van der Waals surface area (Å²) in [6.45, 7) is 0. The minimum absolute atomic E-state index is 0.0607. The number of aliphatic carboxylic acids is 1. The van der Waals surface area contributed by atoms with Crippen molar-refractivity contribution in [3.05, 3.63) is 41.2 Å². The van der Waals surface area contributed by atoms with Crippen molar-refractivity contribution in [2.75, 3.05) is 4.72 Å². The van der Waals surface area contributed by atoms with Crippen LogP contribution in [0.25, 0.3) is 0 Å². The molecule has 0 aliphatic carbocycles. The van der Waals surface area contributed by atoms with Gasteiger partial charge in [-0.3, -0.25) is 9.52 Å². The standard InChI is InChI=1S/C11H9FN2O4S2/c12-7-1-3-9(4-2-7)20(17,18)14-11-13-8(6-19-11)5-10(15)16/h1-4,6H,5H2,(H,13,14)(H,15,16). The van der Waals surface area contributed by atoms with E-state index in [2.05, 4.69) is 9.71 Å². The minimum Gasteiger partial charge on any atom is -0.481 e. The molecule has 2 rings (SSSR count). The number of hydrogen-bond acceptors (Lipinski definition) is 5. The summed E-state index contributed by atoms with van der Waals surface area (Å²) in [5.41, 5.74) is 0.263. The third-order valence-electron chi connectivity index (χ3n) is 2.23. The molecule has 1 aromatic carbocycles. The molecule has 0 atom stereocenters. The summed E-state index contributed by atoms with van der Waals surface area (Å²) in [4.78, 5) is 14.3. The lowest BCUT2D eigenvalue weighted by atomic mass is 10.3. The molecule has 1 heterocycles. The van der Waals surface area contributed by atoms with E-state index in [0.717, 1.165) is 35.6 Å². The molecule has 2 aromatic rings. The second-order valence-corrected chi connectivity index (χ2v) is 6.31. The summed E-state index contributed by atoms with van der Waals surface area (Å²) in [7, 11) is -3.86. The maximum Gasteiger partial charge on any atom is 0.309 e. The van der Waals surface area contributed by atoms with Crippen LogP contribution < -0.4 is 4.72 Å². The predicted molar refractivity (Wildman–Crippen MR) is 70.7 cm³/mol. The molecule has 0 aliphatic heterocycles. The van der Waals surface area contributed by atoms with Crippen LogP contribution in [0.2, 0.25) is 0 Å². The quantitative estimate of drug-likeness (QED) is 0.875. The summed E-state index contributed by atoms with van der Waals surface area (Å²) in [6.07, 6.45) is -0.283. The Hall–Kier alpha value is -2.00. The van der Waals surface area contributed by atoms with Crippen LogP contribution in [0.15, 0.2) is 34.5 Å². The third-order valence-corrected chi connectivity index (χ3v) is 4.52. The van der Waals surface area contributed by atoms with Gasteiger partial charge in [0, 0.05) is 5.38 Å². The summed E-state index contributed by atoms with van der Waals surface area (Å²) < 4.78 is 38.9. The van der Waals surface area contributed by atoms with Gasteiger partial charge in [-0.1, -0.05) is 0 Å². The molecule has 9 heteroatoms. The Bertz CT molecular complexity index is 725. The number of nitrogens with zero attached hydrogens (tertiary/aromatic N) is 1. The van der Waals surface area contributed by atoms with Gasteiger partial charge in [0.25, 0.3) is 10.0 Å². The van der Waals surface area contributed by atoms with E-state index in [4.69, 9.17) is 5.11 Å². The van der Waals surface area contributed by atoms with Crippen molar-refractivity contribution in [1.82, 2.24) is 4.98 Å². The smallest absolute Gasteiger partial charge is 0.309 e. The van der Waals surface area contributed by atoms with Crippen molar-refractivity contribution in [2.45, 2.75) is 11.3 Å². The van der Waals surface area contributed by atoms with Gasteiger partial charge < -0.3 is 5.11 Å². The van der Waals surface area contributed by atoms with Gasteiger partial charge in [0.2, 0.25) is 0 Å². The largest absolute Gasteiger partial charge is 0.481 e. The lowest BCUT2D eigenvalue weighted by Gasteiger charge is -2.04. The number of rotatable bonds is 5. The van der Waals surface area contributed by atoms with Gasteiger partial charge in [-0.2, -0.15) is 0 Å². The van der Waals surface area contributed by atoms with E-state index >= 15 is 0 Å². The number of carbonyl (C=O) groups is 1. The molecule has 0 saturated heterocycles. The van der Waals surface area contributed by atoms with Crippen LogP contribution in [0.5, 0.6) is 0 Å². The predicted octanol–water partition coefficient (Wildman–Crippen LogP) is 1.71. The summed E-state index contributed by atoms with van der Waals surface area (Å²) in [5.74, 6) is -1.59. The highest BCUT2D eigenvalue weighted by Gasteiger charge is 2.16. The van der Waals surface area contributed by atoms with Crippen LogP contribution in [0.4, 0.5) is 9.52 Å². The lowest BCUT2D eigenvalue weighted by molar-refractivity contribution is -0.136. The highest BCUT2D eigenvalue weighted by molar-refractivity contribution is 7.93. The van der Waals surface area contributed by atoms with Gasteiger partial charge in [0.05, 0.1) is 17.0 Å². The summed E-state index contributed by atoms with van der Waals surface area (Å²) in [6, 6.07) is 4.32. The van der Waals surface area contributed by atoms with Gasteiger partial charge in [0.1, 0.15) is 5.82 Å². The highest BCUT2D eigenvalue weighted by Crippen LogP contribution is 2.20. The number of thiazole rings is 1. The van der Waals surface area contributed by atoms with Crippen LogP contribution in [-0.4, -0.2) is 24.5 Å². The van der Waals surface area contributed by atoms with Crippen LogP contribution >= 0.6 is 11.3 Å². The van der Waals surface area contributed by atoms with Gasteiger partial charge in [-0.05, 0) is 24.3 Å². The SMILES string of the molecule is O=C(O)Cc1csc(NS(=O)(=O)c2ccc(F)cc2)n1. The van der Waals surface area contributed by atoms with E-state index in [1.165, 1.54) is 5.38 Å². The number of aromatic nitrogens is 1. The second kappa shape index (κ2) is 5.55. The Labute approximate surface area is 118 Å². The zero-order valence-electron chi connectivity index (χ0n) is 9.91. The van der Waals surface area contributed by atoms with Crippen molar-refractivity contribution in [3.63, 3.8) is 0 Å². The fourth-order valence-corrected chi connectivity index (χ4v) is 3.34. The van der Waals surface area contributed by atoms with Crippen molar-refractivity contribution in [2.24, 2.45) is 0 Å². The lowest BCUT2D eigenvalue weighted by Crippen LogP contribution is -2.13. The van der Waals surface area contributed by atoms with E-state index in [0.29, 0.717) is 0 Å². The van der Waals surface area contributed by atoms with Crippen LogP contribution in [0, 0.1) is 5.82 Å². The molecule has 0 unspecified atom stereocenters. The first kappa shape index (κ1) is 14.4. The van der Waals surface area contributed by atoms with Crippen LogP contribution in [0.1, 0.15) is 5.69 Å². The normalized spacial score (nSPS) is 11.2. The van der Waals surface area contributed by atoms with Crippen molar-refractivity contribution in [1.29, 1.82) is 0 Å². The Balaban J connectivity index is 2.18. The maximum atomic E-state index is 12.7. The average molecular weight is 316 g/mol. The number of sulfonamides is 1. The molecular weight excluding hydrogens is 307 g/mol. The fraction of sp³-hybridized carbons (Fsp3) is 0.0909. The van der Waals surface area contributed by atoms with Crippen LogP contribution in [0.3, 0.4) is 0 Å². The number of halogens is 1. The molecule has 0 spiro atoms. The number of anilines is 1. The Kier molecular flexibility index (Phi) is 4.00. The number of benzene rings is 1. The summed E-state index contributed by atoms with van der Waals surface area (Å²) >= 11 is 0.977. The molecule has 106 valence electrons. The minimum atomic E-state index is -3.86. The molecule has 0 fully saturated rings. The van der Waals surface area contributed by atoms with Gasteiger partial charge >= 0.3 is 5.97 Å². The Morgan fingerprint density at radius 1 is 1.35 bits per heavy atom. The molecule has 0 aliphatic rings. The first-order valence-corrected chi connectivity index (χ1v) is 7.68. The molecule has 0 amide bonds. The van der Waals surface area contributed by atoms with E-state index in [9.17, 15) is 17.6 Å². The second-order valence-electron chi connectivity index (χ2n) is 3.77. The van der Waals surface area contributed by atoms with Crippen molar-refractivity contribution < 1.29 is 22.7 Å². The number of nitrogens with one attached hydrogen (secondary N) is 1. The van der Waals surface area contributed by atoms with E-state index in [1.54, 1.807) is 0 Å². The first-order chi connectivity index (χ1) is 9.37. The van der Waals surface area contributed by atoms with Crippen molar-refractivity contribution in [3.8, 4) is 0 Å². The fourth-order valence-electron chi connectivity index (χ4n) is 1.38. The first-order valence-electron chi connectivity index (χ1n) is 5.31. The molecule has 1 aromatic heterocycles. The maximum absolute atomic E-state index is 12.7. The Morgan fingerprint density at radius 2 is 2.00 bits per heavy atom. The topological polar surface area (TPSA) is 96.4 Å². The Morgan fingerprint density at radius 3 is 2.60 bits per heavy atom. The zero-order valence-corrected chi connectivity index (χ0v) is 11.5. The molecule has 20 heavy (non-hydrogen) atoms. The monoisotopic (exact) mass is 316 g/mol. The number of carboxylic acids is 1. The van der Waals surface area contributed by atoms with Gasteiger partial charge in [0.15, 0.2) is 5.13 Å². The number of carboxylic acid groups (broad SMARTS) is 1. The number of hydrogen-bond donors (Lipinski definition) is 2. The molecule has 0 radical (unpaired) electrons. The molecule has 0 saturated carbocycles. The van der Waals surface area contributed by atoms with Gasteiger partial charge in [-0.15, -0.1) is 11.3 Å². The van der Waals surface area contributed by atoms with E-state index in [-0.39, 0.29) is 22.1 Å². The molecular formula is C11H9FN2O4S2. The van der Waals surface area contributed by atoms with Crippen LogP contribution in [-0.2, 0) is 21.2 Å². The molecule has 0 bridgehead atoms.